The van der Waals surface area contributed by atoms with Crippen LogP contribution in [0, 0.1) is 17.1 Å². The lowest BCUT2D eigenvalue weighted by molar-refractivity contribution is -0.133. The summed E-state index contributed by atoms with van der Waals surface area (Å²) in [6.07, 6.45) is 2.02. The Kier molecular flexibility index (Phi) is 5.58. The largest absolute Gasteiger partial charge is 0.490 e. The molecule has 0 bridgehead atoms. The van der Waals surface area contributed by atoms with Crippen molar-refractivity contribution in [3.8, 4) is 11.8 Å². The molecule has 1 aromatic heterocycles. The molecule has 0 spiro atoms. The second-order valence-electron chi connectivity index (χ2n) is 7.59. The maximum absolute atomic E-state index is 13.6. The predicted molar refractivity (Wildman–Crippen MR) is 102 cm³/mol. The Morgan fingerprint density at radius 2 is 2.10 bits per heavy atom. The first-order valence-corrected chi connectivity index (χ1v) is 9.80. The Labute approximate surface area is 167 Å². The Morgan fingerprint density at radius 1 is 1.31 bits per heavy atom. The zero-order valence-corrected chi connectivity index (χ0v) is 15.9. The topological polar surface area (TPSA) is 69.5 Å². The number of fused-ring (bicyclic) bond motifs is 1. The summed E-state index contributed by atoms with van der Waals surface area (Å²) in [6.45, 7) is 1.51. The van der Waals surface area contributed by atoms with Crippen molar-refractivity contribution >= 4 is 16.8 Å². The number of aromatic nitrogens is 1. The highest BCUT2D eigenvalue weighted by Gasteiger charge is 2.36. The molecule has 1 unspecified atom stereocenters. The lowest BCUT2D eigenvalue weighted by atomic mass is 10.1. The van der Waals surface area contributed by atoms with E-state index in [4.69, 9.17) is 10.00 Å². The highest BCUT2D eigenvalue weighted by atomic mass is 19.1. The SMILES string of the molecule is N#CC1C[C@H](F)CN1C(=O)CN1CCC(Oc2ccnc3ccc(F)cc23)CC1. The molecule has 2 atom stereocenters. The summed E-state index contributed by atoms with van der Waals surface area (Å²) in [5.41, 5.74) is 0.677. The molecular formula is C21H22F2N4O2. The maximum atomic E-state index is 13.6. The van der Waals surface area contributed by atoms with Crippen molar-refractivity contribution in [3.05, 3.63) is 36.3 Å². The van der Waals surface area contributed by atoms with Gasteiger partial charge in [-0.2, -0.15) is 5.26 Å². The van der Waals surface area contributed by atoms with Crippen LogP contribution in [-0.4, -0.2) is 65.2 Å². The molecule has 152 valence electrons. The third-order valence-corrected chi connectivity index (χ3v) is 5.57. The van der Waals surface area contributed by atoms with E-state index in [-0.39, 0.29) is 37.3 Å². The number of pyridine rings is 1. The number of hydrogen-bond acceptors (Lipinski definition) is 5. The third-order valence-electron chi connectivity index (χ3n) is 5.57. The van der Waals surface area contributed by atoms with Crippen LogP contribution in [0.4, 0.5) is 8.78 Å². The number of carbonyl (C=O) groups is 1. The Bertz CT molecular complexity index is 940. The van der Waals surface area contributed by atoms with Crippen molar-refractivity contribution in [2.45, 2.75) is 37.6 Å². The highest BCUT2D eigenvalue weighted by Crippen LogP contribution is 2.28. The van der Waals surface area contributed by atoms with Crippen molar-refractivity contribution in [1.29, 1.82) is 5.26 Å². The van der Waals surface area contributed by atoms with E-state index in [1.807, 2.05) is 11.0 Å². The van der Waals surface area contributed by atoms with Gasteiger partial charge in [-0.15, -0.1) is 0 Å². The zero-order valence-electron chi connectivity index (χ0n) is 15.9. The summed E-state index contributed by atoms with van der Waals surface area (Å²) in [7, 11) is 0. The molecule has 0 N–H and O–H groups in total. The highest BCUT2D eigenvalue weighted by molar-refractivity contribution is 5.84. The molecule has 1 aromatic carbocycles. The first kappa shape index (κ1) is 19.5. The molecule has 2 aliphatic heterocycles. The van der Waals surface area contributed by atoms with Gasteiger partial charge in [-0.05, 0) is 37.1 Å². The van der Waals surface area contributed by atoms with Gasteiger partial charge in [0.1, 0.15) is 29.9 Å². The van der Waals surface area contributed by atoms with Gasteiger partial charge in [-0.1, -0.05) is 0 Å². The van der Waals surface area contributed by atoms with E-state index in [1.165, 1.54) is 17.0 Å². The Morgan fingerprint density at radius 3 is 2.86 bits per heavy atom. The number of alkyl halides is 1. The molecule has 0 aliphatic carbocycles. The van der Waals surface area contributed by atoms with Crippen molar-refractivity contribution in [2.24, 2.45) is 0 Å². The molecule has 8 heteroatoms. The number of hydrogen-bond donors (Lipinski definition) is 0. The predicted octanol–water partition coefficient (Wildman–Crippen LogP) is 2.68. The molecule has 0 saturated carbocycles. The molecular weight excluding hydrogens is 378 g/mol. The first-order valence-electron chi connectivity index (χ1n) is 9.80. The van der Waals surface area contributed by atoms with Crippen LogP contribution in [0.5, 0.6) is 5.75 Å². The van der Waals surface area contributed by atoms with Crippen LogP contribution >= 0.6 is 0 Å². The van der Waals surface area contributed by atoms with E-state index in [2.05, 4.69) is 4.98 Å². The molecule has 29 heavy (non-hydrogen) atoms. The fraction of sp³-hybridized carbons (Fsp3) is 0.476. The normalized spacial score (nSPS) is 23.3. The quantitative estimate of drug-likeness (QED) is 0.789. The van der Waals surface area contributed by atoms with Crippen LogP contribution in [0.3, 0.4) is 0 Å². The van der Waals surface area contributed by atoms with Crippen LogP contribution in [0.1, 0.15) is 19.3 Å². The van der Waals surface area contributed by atoms with Gasteiger partial charge in [0.15, 0.2) is 0 Å². The van der Waals surface area contributed by atoms with Crippen LogP contribution in [0.25, 0.3) is 10.9 Å². The number of rotatable bonds is 4. The molecule has 2 fully saturated rings. The Hall–Kier alpha value is -2.79. The van der Waals surface area contributed by atoms with E-state index in [0.29, 0.717) is 29.7 Å². The summed E-state index contributed by atoms with van der Waals surface area (Å²) in [5.74, 6) is 0.0652. The summed E-state index contributed by atoms with van der Waals surface area (Å²) in [6, 6.07) is 7.50. The minimum absolute atomic E-state index is 0.00229. The maximum Gasteiger partial charge on any atom is 0.237 e. The number of halogens is 2. The molecule has 3 heterocycles. The van der Waals surface area contributed by atoms with E-state index < -0.39 is 12.2 Å². The van der Waals surface area contributed by atoms with Crippen molar-refractivity contribution in [3.63, 3.8) is 0 Å². The lowest BCUT2D eigenvalue weighted by Crippen LogP contribution is -2.46. The van der Waals surface area contributed by atoms with Gasteiger partial charge in [0.05, 0.1) is 24.7 Å². The van der Waals surface area contributed by atoms with E-state index in [1.54, 1.807) is 18.3 Å². The number of nitriles is 1. The van der Waals surface area contributed by atoms with Gasteiger partial charge in [0, 0.05) is 31.1 Å². The fourth-order valence-corrected chi connectivity index (χ4v) is 4.03. The molecule has 2 aliphatic rings. The molecule has 6 nitrogen and oxygen atoms in total. The van der Waals surface area contributed by atoms with Gasteiger partial charge in [-0.3, -0.25) is 14.7 Å². The van der Waals surface area contributed by atoms with Gasteiger partial charge in [-0.25, -0.2) is 8.78 Å². The number of likely N-dealkylation sites (tertiary alicyclic amines) is 2. The van der Waals surface area contributed by atoms with E-state index >= 15 is 0 Å². The van der Waals surface area contributed by atoms with Gasteiger partial charge >= 0.3 is 0 Å². The van der Waals surface area contributed by atoms with Crippen LogP contribution in [0.2, 0.25) is 0 Å². The summed E-state index contributed by atoms with van der Waals surface area (Å²) < 4.78 is 33.2. The minimum atomic E-state index is -1.12. The third kappa shape index (κ3) is 4.30. The molecule has 1 amide bonds. The summed E-state index contributed by atoms with van der Waals surface area (Å²) in [4.78, 5) is 20.1. The van der Waals surface area contributed by atoms with E-state index in [9.17, 15) is 13.6 Å². The lowest BCUT2D eigenvalue weighted by Gasteiger charge is -2.33. The standard InChI is InChI=1S/C21H22F2N4O2/c22-14-1-2-19-18(10-14)20(3-6-25-19)29-17-4-7-26(8-5-17)13-21(28)27-12-15(23)9-16(27)11-24/h1-3,6,10,15-17H,4-5,7-9,12-13H2/t15-,16?/m0/s1. The van der Waals surface area contributed by atoms with Gasteiger partial charge in [0.25, 0.3) is 0 Å². The van der Waals surface area contributed by atoms with Gasteiger partial charge in [0.2, 0.25) is 5.91 Å². The molecule has 0 radical (unpaired) electrons. The number of nitrogens with zero attached hydrogens (tertiary/aromatic N) is 4. The minimum Gasteiger partial charge on any atom is -0.490 e. The first-order chi connectivity index (χ1) is 14.0. The zero-order chi connectivity index (χ0) is 20.4. The monoisotopic (exact) mass is 400 g/mol. The summed E-state index contributed by atoms with van der Waals surface area (Å²) >= 11 is 0. The number of piperidine rings is 1. The summed E-state index contributed by atoms with van der Waals surface area (Å²) in [5, 5.41) is 9.75. The van der Waals surface area contributed by atoms with E-state index in [0.717, 1.165) is 12.8 Å². The molecule has 2 saturated heterocycles. The molecule has 4 rings (SSSR count). The second kappa shape index (κ2) is 8.29. The van der Waals surface area contributed by atoms with Crippen molar-refractivity contribution in [2.75, 3.05) is 26.2 Å². The van der Waals surface area contributed by atoms with Crippen LogP contribution < -0.4 is 4.74 Å². The number of benzene rings is 1. The average molecular weight is 400 g/mol. The van der Waals surface area contributed by atoms with Crippen LogP contribution in [0.15, 0.2) is 30.5 Å². The Balaban J connectivity index is 1.33. The van der Waals surface area contributed by atoms with Crippen LogP contribution in [-0.2, 0) is 4.79 Å². The molecule has 2 aromatic rings. The number of amides is 1. The fourth-order valence-electron chi connectivity index (χ4n) is 4.03. The average Bonchev–Trinajstić information content (AvgIpc) is 3.11. The van der Waals surface area contributed by atoms with Gasteiger partial charge < -0.3 is 9.64 Å². The smallest absolute Gasteiger partial charge is 0.237 e. The van der Waals surface area contributed by atoms with Crippen molar-refractivity contribution < 1.29 is 18.3 Å². The number of ether oxygens (including phenoxy) is 1. The second-order valence-corrected chi connectivity index (χ2v) is 7.59. The number of carbonyl (C=O) groups excluding carboxylic acids is 1. The van der Waals surface area contributed by atoms with Crippen molar-refractivity contribution in [1.82, 2.24) is 14.8 Å².